The first-order chi connectivity index (χ1) is 28.5. The molecule has 0 radical (unpaired) electrons. The van der Waals surface area contributed by atoms with Crippen LogP contribution in [0, 0.1) is 0 Å². The molecule has 2 heterocycles. The second-order valence-electron chi connectivity index (χ2n) is 16.1. The SMILES string of the molecule is CC1(C)c2cc(-c3cccc(-c4ccc(-c5cccc6c5oc5ccccc56)cc4)c3)ccc2-c2ccc(-c3cnc4c5ccccc5c5ccccc5c4n3)cc21. The van der Waals surface area contributed by atoms with Crippen LogP contribution in [0.5, 0.6) is 0 Å². The molecule has 11 aromatic rings. The number of hydrogen-bond acceptors (Lipinski definition) is 3. The fourth-order valence-corrected chi connectivity index (χ4v) is 9.53. The van der Waals surface area contributed by atoms with Crippen molar-refractivity contribution < 1.29 is 4.42 Å². The summed E-state index contributed by atoms with van der Waals surface area (Å²) in [5.41, 5.74) is 17.8. The highest BCUT2D eigenvalue weighted by Crippen LogP contribution is 2.51. The van der Waals surface area contributed by atoms with Crippen LogP contribution in [0.3, 0.4) is 0 Å². The molecule has 0 bridgehead atoms. The summed E-state index contributed by atoms with van der Waals surface area (Å²) in [7, 11) is 0. The molecule has 0 unspecified atom stereocenters. The molecule has 1 aliphatic carbocycles. The highest BCUT2D eigenvalue weighted by Gasteiger charge is 2.36. The van der Waals surface area contributed by atoms with E-state index in [2.05, 4.69) is 178 Å². The molecule has 0 aliphatic heterocycles. The highest BCUT2D eigenvalue weighted by atomic mass is 16.3. The van der Waals surface area contributed by atoms with E-state index in [1.807, 2.05) is 18.3 Å². The van der Waals surface area contributed by atoms with Gasteiger partial charge in [-0.25, -0.2) is 4.98 Å². The van der Waals surface area contributed by atoms with E-state index in [1.54, 1.807) is 0 Å². The van der Waals surface area contributed by atoms with Crippen molar-refractivity contribution in [2.45, 2.75) is 19.3 Å². The van der Waals surface area contributed by atoms with E-state index < -0.39 is 0 Å². The summed E-state index contributed by atoms with van der Waals surface area (Å²) in [5.74, 6) is 0. The van der Waals surface area contributed by atoms with Gasteiger partial charge in [0.15, 0.2) is 0 Å². The second kappa shape index (κ2) is 12.3. The molecule has 0 atom stereocenters. The van der Waals surface area contributed by atoms with Gasteiger partial charge in [-0.1, -0.05) is 166 Å². The fraction of sp³-hybridized carbons (Fsp3) is 0.0545. The Balaban J connectivity index is 0.872. The standard InChI is InChI=1S/C55H36N2O/c1-55(2)48-30-37(36-12-9-11-35(29-36)33-21-23-34(24-22-33)39-18-10-19-47-44-15-7-8-20-51(44)58-54(39)47)25-27-42(48)43-28-26-38(31-49(43)55)50-32-56-52-45-16-5-3-13-40(45)41-14-4-6-17-46(41)53(52)57-50/h3-32H,1-2H3. The number of aromatic nitrogens is 2. The van der Waals surface area contributed by atoms with Gasteiger partial charge in [0.2, 0.25) is 0 Å². The maximum absolute atomic E-state index is 6.34. The monoisotopic (exact) mass is 740 g/mol. The topological polar surface area (TPSA) is 38.9 Å². The van der Waals surface area contributed by atoms with Crippen molar-refractivity contribution in [3.05, 3.63) is 193 Å². The van der Waals surface area contributed by atoms with Crippen LogP contribution < -0.4 is 0 Å². The summed E-state index contributed by atoms with van der Waals surface area (Å²) >= 11 is 0. The normalized spacial score (nSPS) is 13.1. The van der Waals surface area contributed by atoms with Crippen molar-refractivity contribution in [2.75, 3.05) is 0 Å². The Morgan fingerprint density at radius 3 is 1.67 bits per heavy atom. The van der Waals surface area contributed by atoms with Crippen LogP contribution in [-0.2, 0) is 5.41 Å². The van der Waals surface area contributed by atoms with E-state index in [0.29, 0.717) is 0 Å². The number of fused-ring (bicyclic) bond motifs is 12. The van der Waals surface area contributed by atoms with Crippen molar-refractivity contribution in [3.63, 3.8) is 0 Å². The second-order valence-corrected chi connectivity index (χ2v) is 16.1. The van der Waals surface area contributed by atoms with E-state index in [9.17, 15) is 0 Å². The summed E-state index contributed by atoms with van der Waals surface area (Å²) in [4.78, 5) is 10.4. The molecular weight excluding hydrogens is 705 g/mol. The lowest BCUT2D eigenvalue weighted by Crippen LogP contribution is -2.15. The molecule has 0 spiro atoms. The Morgan fingerprint density at radius 2 is 0.931 bits per heavy atom. The minimum atomic E-state index is -0.194. The molecule has 9 aromatic carbocycles. The predicted molar refractivity (Wildman–Crippen MR) is 241 cm³/mol. The Labute approximate surface area is 335 Å². The molecule has 272 valence electrons. The summed E-state index contributed by atoms with van der Waals surface area (Å²) in [5, 5.41) is 6.97. The fourth-order valence-electron chi connectivity index (χ4n) is 9.53. The van der Waals surface area contributed by atoms with E-state index in [0.717, 1.165) is 66.1 Å². The summed E-state index contributed by atoms with van der Waals surface area (Å²) < 4.78 is 6.34. The number of para-hydroxylation sites is 2. The zero-order valence-corrected chi connectivity index (χ0v) is 32.1. The van der Waals surface area contributed by atoms with Crippen molar-refractivity contribution in [1.82, 2.24) is 9.97 Å². The lowest BCUT2D eigenvalue weighted by atomic mass is 9.81. The zero-order valence-electron chi connectivity index (χ0n) is 32.1. The Bertz CT molecular complexity index is 3450. The molecule has 0 fully saturated rings. The predicted octanol–water partition coefficient (Wildman–Crippen LogP) is 14.8. The van der Waals surface area contributed by atoms with Gasteiger partial charge in [-0.2, -0.15) is 0 Å². The van der Waals surface area contributed by atoms with Crippen LogP contribution in [0.2, 0.25) is 0 Å². The third-order valence-corrected chi connectivity index (χ3v) is 12.5. The quantitative estimate of drug-likeness (QED) is 0.169. The van der Waals surface area contributed by atoms with Gasteiger partial charge in [0.1, 0.15) is 11.2 Å². The Morgan fingerprint density at radius 1 is 0.397 bits per heavy atom. The molecule has 2 aromatic heterocycles. The van der Waals surface area contributed by atoms with Crippen molar-refractivity contribution >= 4 is 54.5 Å². The molecule has 3 heteroatoms. The molecule has 0 N–H and O–H groups in total. The average Bonchev–Trinajstić information content (AvgIpc) is 3.78. The van der Waals surface area contributed by atoms with E-state index in [-0.39, 0.29) is 5.41 Å². The van der Waals surface area contributed by atoms with Crippen LogP contribution >= 0.6 is 0 Å². The van der Waals surface area contributed by atoms with Crippen molar-refractivity contribution in [3.8, 4) is 55.8 Å². The van der Waals surface area contributed by atoms with E-state index >= 15 is 0 Å². The largest absolute Gasteiger partial charge is 0.455 e. The van der Waals surface area contributed by atoms with Crippen molar-refractivity contribution in [2.24, 2.45) is 0 Å². The number of nitrogens with zero attached hydrogens (tertiary/aromatic N) is 2. The lowest BCUT2D eigenvalue weighted by molar-refractivity contribution is 0.661. The third kappa shape index (κ3) is 4.86. The minimum Gasteiger partial charge on any atom is -0.455 e. The third-order valence-electron chi connectivity index (χ3n) is 12.5. The molecule has 0 saturated carbocycles. The Kier molecular flexibility index (Phi) is 6.98. The lowest BCUT2D eigenvalue weighted by Gasteiger charge is -2.22. The summed E-state index contributed by atoms with van der Waals surface area (Å²) in [6.45, 7) is 4.70. The van der Waals surface area contributed by atoms with Gasteiger partial charge in [-0.3, -0.25) is 4.98 Å². The number of rotatable bonds is 4. The summed E-state index contributed by atoms with van der Waals surface area (Å²) in [6.07, 6.45) is 1.94. The van der Waals surface area contributed by atoms with Gasteiger partial charge in [-0.15, -0.1) is 0 Å². The van der Waals surface area contributed by atoms with Gasteiger partial charge in [0.05, 0.1) is 22.9 Å². The van der Waals surface area contributed by atoms with Gasteiger partial charge in [0, 0.05) is 38.1 Å². The van der Waals surface area contributed by atoms with E-state index in [4.69, 9.17) is 14.4 Å². The van der Waals surface area contributed by atoms with Gasteiger partial charge < -0.3 is 4.42 Å². The number of benzene rings is 9. The first kappa shape index (κ1) is 32.8. The summed E-state index contributed by atoms with van der Waals surface area (Å²) in [6, 6.07) is 63.3. The molecule has 0 amide bonds. The van der Waals surface area contributed by atoms with Gasteiger partial charge >= 0.3 is 0 Å². The molecule has 1 aliphatic rings. The minimum absolute atomic E-state index is 0.194. The van der Waals surface area contributed by atoms with Crippen LogP contribution in [0.1, 0.15) is 25.0 Å². The van der Waals surface area contributed by atoms with Crippen LogP contribution in [0.15, 0.2) is 187 Å². The first-order valence-corrected chi connectivity index (χ1v) is 20.0. The highest BCUT2D eigenvalue weighted by molar-refractivity contribution is 6.23. The maximum atomic E-state index is 6.34. The molecule has 3 nitrogen and oxygen atoms in total. The Hall–Kier alpha value is -7.36. The van der Waals surface area contributed by atoms with Gasteiger partial charge in [-0.05, 0) is 85.1 Å². The molecule has 0 saturated heterocycles. The van der Waals surface area contributed by atoms with Crippen LogP contribution in [0.25, 0.3) is 110 Å². The zero-order chi connectivity index (χ0) is 38.5. The smallest absolute Gasteiger partial charge is 0.143 e. The number of hydrogen-bond donors (Lipinski definition) is 0. The molecule has 58 heavy (non-hydrogen) atoms. The molecule has 12 rings (SSSR count). The molecular formula is C55H36N2O. The van der Waals surface area contributed by atoms with Crippen LogP contribution in [-0.4, -0.2) is 9.97 Å². The maximum Gasteiger partial charge on any atom is 0.143 e. The van der Waals surface area contributed by atoms with Crippen molar-refractivity contribution in [1.29, 1.82) is 0 Å². The van der Waals surface area contributed by atoms with E-state index in [1.165, 1.54) is 55.3 Å². The van der Waals surface area contributed by atoms with Gasteiger partial charge in [0.25, 0.3) is 0 Å². The average molecular weight is 741 g/mol. The van der Waals surface area contributed by atoms with Crippen LogP contribution in [0.4, 0.5) is 0 Å². The number of furan rings is 1. The first-order valence-electron chi connectivity index (χ1n) is 20.0.